The van der Waals surface area contributed by atoms with Crippen molar-refractivity contribution in [2.45, 2.75) is 41.5 Å². The summed E-state index contributed by atoms with van der Waals surface area (Å²) in [5, 5.41) is 0. The molecule has 1 rings (SSSR count). The lowest BCUT2D eigenvalue weighted by Crippen LogP contribution is -2.17. The first-order chi connectivity index (χ1) is 11.1. The fourth-order valence-corrected chi connectivity index (χ4v) is 2.23. The summed E-state index contributed by atoms with van der Waals surface area (Å²) >= 11 is 0. The van der Waals surface area contributed by atoms with Gasteiger partial charge in [0.2, 0.25) is 0 Å². The molecule has 0 aromatic carbocycles. The fraction of sp³-hybridized carbons (Fsp3) is 0.833. The van der Waals surface area contributed by atoms with Crippen LogP contribution in [0.15, 0.2) is 0 Å². The maximum absolute atomic E-state index is 12.2. The highest BCUT2D eigenvalue weighted by molar-refractivity contribution is 5.97. The summed E-state index contributed by atoms with van der Waals surface area (Å²) in [6.07, 6.45) is 0. The molecule has 6 nitrogen and oxygen atoms in total. The normalized spacial score (nSPS) is 22.6. The van der Waals surface area contributed by atoms with E-state index >= 15 is 0 Å². The predicted octanol–water partition coefficient (Wildman–Crippen LogP) is 2.45. The summed E-state index contributed by atoms with van der Waals surface area (Å²) in [6.45, 7) is 12.3. The summed E-state index contributed by atoms with van der Waals surface area (Å²) in [6, 6.07) is 0. The molecule has 0 aliphatic heterocycles. The Balaban J connectivity index is 2.70. The average Bonchev–Trinajstić information content (AvgIpc) is 3.23. The Kier molecular flexibility index (Phi) is 7.70. The van der Waals surface area contributed by atoms with Gasteiger partial charge in [-0.3, -0.25) is 14.4 Å². The Morgan fingerprint density at radius 1 is 0.583 bits per heavy atom. The minimum Gasteiger partial charge on any atom is -0.465 e. The van der Waals surface area contributed by atoms with Crippen LogP contribution in [0, 0.1) is 35.5 Å². The topological polar surface area (TPSA) is 78.9 Å². The number of esters is 3. The van der Waals surface area contributed by atoms with Crippen LogP contribution in [0.5, 0.6) is 0 Å². The van der Waals surface area contributed by atoms with Crippen molar-refractivity contribution in [2.75, 3.05) is 19.8 Å². The van der Waals surface area contributed by atoms with Gasteiger partial charge in [-0.15, -0.1) is 0 Å². The lowest BCUT2D eigenvalue weighted by molar-refractivity contribution is -0.152. The maximum Gasteiger partial charge on any atom is 0.310 e. The van der Waals surface area contributed by atoms with Gasteiger partial charge in [0.15, 0.2) is 0 Å². The SMILES string of the molecule is CC(C)COC(=O)C1C(C(=O)OCC(C)C)C1C(=O)OCC(C)C. The molecule has 0 aromatic rings. The molecule has 1 aliphatic carbocycles. The highest BCUT2D eigenvalue weighted by Gasteiger charge is 2.65. The second-order valence-electron chi connectivity index (χ2n) is 7.65. The highest BCUT2D eigenvalue weighted by atomic mass is 16.6. The Morgan fingerprint density at radius 3 is 0.958 bits per heavy atom. The summed E-state index contributed by atoms with van der Waals surface area (Å²) in [5.74, 6) is -3.39. The molecule has 1 saturated carbocycles. The first-order valence-electron chi connectivity index (χ1n) is 8.65. The van der Waals surface area contributed by atoms with Crippen LogP contribution >= 0.6 is 0 Å². The molecule has 1 fully saturated rings. The lowest BCUT2D eigenvalue weighted by Gasteiger charge is -2.07. The first-order valence-corrected chi connectivity index (χ1v) is 8.65. The second-order valence-corrected chi connectivity index (χ2v) is 7.65. The summed E-state index contributed by atoms with van der Waals surface area (Å²) in [4.78, 5) is 36.5. The van der Waals surface area contributed by atoms with Crippen LogP contribution in [-0.2, 0) is 28.6 Å². The number of carbonyl (C=O) groups excluding carboxylic acids is 3. The van der Waals surface area contributed by atoms with Crippen LogP contribution < -0.4 is 0 Å². The van der Waals surface area contributed by atoms with Crippen LogP contribution in [-0.4, -0.2) is 37.7 Å². The van der Waals surface area contributed by atoms with Crippen LogP contribution in [0.1, 0.15) is 41.5 Å². The van der Waals surface area contributed by atoms with E-state index in [9.17, 15) is 14.4 Å². The molecule has 24 heavy (non-hydrogen) atoms. The van der Waals surface area contributed by atoms with E-state index in [4.69, 9.17) is 14.2 Å². The highest BCUT2D eigenvalue weighted by Crippen LogP contribution is 2.49. The molecule has 0 heterocycles. The Bertz CT molecular complexity index is 382. The van der Waals surface area contributed by atoms with Crippen molar-refractivity contribution in [3.8, 4) is 0 Å². The van der Waals surface area contributed by atoms with Crippen molar-refractivity contribution in [1.29, 1.82) is 0 Å². The average molecular weight is 342 g/mol. The standard InChI is InChI=1S/C18H30O6/c1-10(2)7-22-16(19)13-14(17(20)23-8-11(3)4)15(13)18(21)24-9-12(5)6/h10-15H,7-9H2,1-6H3. The van der Waals surface area contributed by atoms with E-state index < -0.39 is 35.7 Å². The van der Waals surface area contributed by atoms with Crippen molar-refractivity contribution in [1.82, 2.24) is 0 Å². The molecule has 0 amide bonds. The van der Waals surface area contributed by atoms with Gasteiger partial charge in [0.05, 0.1) is 37.6 Å². The molecule has 0 N–H and O–H groups in total. The molecular weight excluding hydrogens is 312 g/mol. The van der Waals surface area contributed by atoms with Crippen molar-refractivity contribution >= 4 is 17.9 Å². The zero-order valence-electron chi connectivity index (χ0n) is 15.5. The molecule has 0 saturated heterocycles. The van der Waals surface area contributed by atoms with Crippen molar-refractivity contribution in [2.24, 2.45) is 35.5 Å². The molecule has 0 spiro atoms. The van der Waals surface area contributed by atoms with Gasteiger partial charge in [-0.2, -0.15) is 0 Å². The zero-order valence-corrected chi connectivity index (χ0v) is 15.5. The van der Waals surface area contributed by atoms with Crippen LogP contribution in [0.4, 0.5) is 0 Å². The largest absolute Gasteiger partial charge is 0.465 e. The minimum absolute atomic E-state index is 0.186. The molecule has 6 heteroatoms. The Morgan fingerprint density at radius 2 is 0.792 bits per heavy atom. The van der Waals surface area contributed by atoms with Crippen LogP contribution in [0.3, 0.4) is 0 Å². The van der Waals surface area contributed by atoms with E-state index in [1.165, 1.54) is 0 Å². The van der Waals surface area contributed by atoms with Crippen molar-refractivity contribution < 1.29 is 28.6 Å². The van der Waals surface area contributed by atoms with Crippen LogP contribution in [0.25, 0.3) is 0 Å². The monoisotopic (exact) mass is 342 g/mol. The molecule has 0 aromatic heterocycles. The predicted molar refractivity (Wildman–Crippen MR) is 87.9 cm³/mol. The summed E-state index contributed by atoms with van der Waals surface area (Å²) in [5.41, 5.74) is 0. The second kappa shape index (κ2) is 9.04. The van der Waals surface area contributed by atoms with E-state index in [1.54, 1.807) is 0 Å². The van der Waals surface area contributed by atoms with E-state index in [0.29, 0.717) is 0 Å². The maximum atomic E-state index is 12.2. The third-order valence-corrected chi connectivity index (χ3v) is 3.51. The summed E-state index contributed by atoms with van der Waals surface area (Å²) in [7, 11) is 0. The molecule has 0 bridgehead atoms. The van der Waals surface area contributed by atoms with Gasteiger partial charge in [0, 0.05) is 0 Å². The van der Waals surface area contributed by atoms with E-state index in [0.717, 1.165) is 0 Å². The molecular formula is C18H30O6. The van der Waals surface area contributed by atoms with Gasteiger partial charge in [-0.1, -0.05) is 41.5 Å². The van der Waals surface area contributed by atoms with Gasteiger partial charge < -0.3 is 14.2 Å². The number of rotatable bonds is 9. The van der Waals surface area contributed by atoms with Gasteiger partial charge >= 0.3 is 17.9 Å². The number of ether oxygens (including phenoxy) is 3. The van der Waals surface area contributed by atoms with Gasteiger partial charge in [-0.25, -0.2) is 0 Å². The minimum atomic E-state index is -0.789. The van der Waals surface area contributed by atoms with Crippen molar-refractivity contribution in [3.63, 3.8) is 0 Å². The van der Waals surface area contributed by atoms with Gasteiger partial charge in [0.1, 0.15) is 0 Å². The third-order valence-electron chi connectivity index (χ3n) is 3.51. The first kappa shape index (κ1) is 20.5. The van der Waals surface area contributed by atoms with E-state index in [-0.39, 0.29) is 37.6 Å². The number of carbonyl (C=O) groups is 3. The summed E-state index contributed by atoms with van der Waals surface area (Å²) < 4.78 is 15.6. The molecule has 138 valence electrons. The van der Waals surface area contributed by atoms with Crippen LogP contribution in [0.2, 0.25) is 0 Å². The molecule has 0 atom stereocenters. The smallest absolute Gasteiger partial charge is 0.310 e. The Labute approximate surface area is 144 Å². The lowest BCUT2D eigenvalue weighted by atomic mass is 10.2. The quantitative estimate of drug-likeness (QED) is 0.473. The zero-order chi connectivity index (χ0) is 18.4. The van der Waals surface area contributed by atoms with E-state index in [1.807, 2.05) is 41.5 Å². The van der Waals surface area contributed by atoms with E-state index in [2.05, 4.69) is 0 Å². The van der Waals surface area contributed by atoms with Crippen molar-refractivity contribution in [3.05, 3.63) is 0 Å². The third kappa shape index (κ3) is 6.13. The Hall–Kier alpha value is -1.59. The molecule has 0 unspecified atom stereocenters. The van der Waals surface area contributed by atoms with Gasteiger partial charge in [0.25, 0.3) is 0 Å². The number of hydrogen-bond acceptors (Lipinski definition) is 6. The number of hydrogen-bond donors (Lipinski definition) is 0. The molecule has 0 radical (unpaired) electrons. The van der Waals surface area contributed by atoms with Gasteiger partial charge in [-0.05, 0) is 17.8 Å². The fourth-order valence-electron chi connectivity index (χ4n) is 2.23. The molecule has 1 aliphatic rings.